The Kier molecular flexibility index (Phi) is 14.3. The van der Waals surface area contributed by atoms with E-state index in [2.05, 4.69) is 39.8 Å². The Balaban J connectivity index is 1.33. The number of carbonyl (C=O) groups is 4. The van der Waals surface area contributed by atoms with Gasteiger partial charge in [-0.2, -0.15) is 0 Å². The molecule has 1 aliphatic rings. The average Bonchev–Trinajstić information content (AvgIpc) is 3.11. The Labute approximate surface area is 277 Å². The van der Waals surface area contributed by atoms with Crippen molar-refractivity contribution in [3.63, 3.8) is 0 Å². The second kappa shape index (κ2) is 19.1. The summed E-state index contributed by atoms with van der Waals surface area (Å²) in [6.45, 7) is 4.94. The summed E-state index contributed by atoms with van der Waals surface area (Å²) in [7, 11) is 0. The van der Waals surface area contributed by atoms with Crippen LogP contribution in [0.1, 0.15) is 61.8 Å². The first kappa shape index (κ1) is 35.2. The molecule has 3 aromatic rings. The third-order valence-electron chi connectivity index (χ3n) is 8.13. The number of ether oxygens (including phenoxy) is 2. The lowest BCUT2D eigenvalue weighted by Crippen LogP contribution is -2.55. The minimum absolute atomic E-state index is 0.0377. The predicted octanol–water partition coefficient (Wildman–Crippen LogP) is 4.85. The van der Waals surface area contributed by atoms with E-state index in [9.17, 15) is 19.2 Å². The number of alkyl carbamates (subject to hydrolysis) is 1. The molecule has 1 fully saturated rings. The van der Waals surface area contributed by atoms with Crippen molar-refractivity contribution in [1.82, 2.24) is 20.4 Å². The monoisotopic (exact) mass is 642 g/mol. The van der Waals surface area contributed by atoms with Crippen LogP contribution in [0.5, 0.6) is 0 Å². The predicted molar refractivity (Wildman–Crippen MR) is 179 cm³/mol. The Morgan fingerprint density at radius 3 is 1.94 bits per heavy atom. The van der Waals surface area contributed by atoms with Gasteiger partial charge in [0, 0.05) is 39.1 Å². The molecule has 1 atom stereocenters. The highest BCUT2D eigenvalue weighted by molar-refractivity contribution is 5.86. The lowest BCUT2D eigenvalue weighted by Gasteiger charge is -2.40. The molecule has 250 valence electrons. The number of piperazine rings is 1. The quantitative estimate of drug-likeness (QED) is 0.170. The van der Waals surface area contributed by atoms with Gasteiger partial charge in [0.15, 0.2) is 0 Å². The van der Waals surface area contributed by atoms with Crippen LogP contribution in [0.25, 0.3) is 0 Å². The van der Waals surface area contributed by atoms with Gasteiger partial charge in [-0.1, -0.05) is 91.0 Å². The van der Waals surface area contributed by atoms with Gasteiger partial charge in [0.2, 0.25) is 11.8 Å². The van der Waals surface area contributed by atoms with Crippen molar-refractivity contribution < 1.29 is 28.7 Å². The van der Waals surface area contributed by atoms with Crippen molar-refractivity contribution in [1.29, 1.82) is 0 Å². The molecule has 0 radical (unpaired) electrons. The first-order valence-corrected chi connectivity index (χ1v) is 16.5. The van der Waals surface area contributed by atoms with Crippen molar-refractivity contribution in [2.75, 3.05) is 39.3 Å². The Bertz CT molecular complexity index is 1360. The molecule has 1 saturated heterocycles. The summed E-state index contributed by atoms with van der Waals surface area (Å²) in [5.74, 6) is -0.767. The van der Waals surface area contributed by atoms with Gasteiger partial charge in [-0.3, -0.25) is 19.3 Å². The molecule has 10 heteroatoms. The van der Waals surface area contributed by atoms with Crippen LogP contribution in [-0.2, 0) is 30.5 Å². The lowest BCUT2D eigenvalue weighted by atomic mass is 9.96. The van der Waals surface area contributed by atoms with Gasteiger partial charge < -0.3 is 25.0 Å². The standard InChI is InChI=1S/C37H46N4O6/c1-2-46-34(43)22-21-33(42)38-23-13-12-20-32(39-37(45)47-28-29-14-6-3-7-15-29)36(44)41-26-24-40(25-27-41)35(30-16-8-4-9-17-30)31-18-10-5-11-19-31/h3-11,14-19,32,35H,2,12-13,20-28H2,1H3,(H,38,42)(H,39,45)/t32-/m0/s1. The highest BCUT2D eigenvalue weighted by atomic mass is 16.5. The van der Waals surface area contributed by atoms with Gasteiger partial charge in [-0.05, 0) is 42.9 Å². The van der Waals surface area contributed by atoms with E-state index in [4.69, 9.17) is 9.47 Å². The number of carbonyl (C=O) groups excluding carboxylic acids is 4. The minimum Gasteiger partial charge on any atom is -0.466 e. The number of unbranched alkanes of at least 4 members (excludes halogenated alkanes) is 1. The second-order valence-electron chi connectivity index (χ2n) is 11.5. The molecule has 0 unspecified atom stereocenters. The third-order valence-corrected chi connectivity index (χ3v) is 8.13. The maximum Gasteiger partial charge on any atom is 0.408 e. The summed E-state index contributed by atoms with van der Waals surface area (Å²) in [5.41, 5.74) is 3.26. The molecular weight excluding hydrogens is 596 g/mol. The zero-order chi connectivity index (χ0) is 33.3. The number of hydrogen-bond donors (Lipinski definition) is 2. The van der Waals surface area contributed by atoms with Gasteiger partial charge in [-0.15, -0.1) is 0 Å². The van der Waals surface area contributed by atoms with Gasteiger partial charge >= 0.3 is 12.1 Å². The van der Waals surface area contributed by atoms with Crippen LogP contribution < -0.4 is 10.6 Å². The van der Waals surface area contributed by atoms with E-state index >= 15 is 0 Å². The summed E-state index contributed by atoms with van der Waals surface area (Å²) in [4.78, 5) is 54.5. The van der Waals surface area contributed by atoms with E-state index in [0.717, 1.165) is 5.56 Å². The lowest BCUT2D eigenvalue weighted by molar-refractivity contribution is -0.144. The number of rotatable bonds is 16. The van der Waals surface area contributed by atoms with Crippen molar-refractivity contribution in [2.45, 2.75) is 57.7 Å². The van der Waals surface area contributed by atoms with E-state index in [1.165, 1.54) is 11.1 Å². The molecule has 4 rings (SSSR count). The van der Waals surface area contributed by atoms with Crippen LogP contribution in [0, 0.1) is 0 Å². The summed E-state index contributed by atoms with van der Waals surface area (Å²) < 4.78 is 10.3. The zero-order valence-corrected chi connectivity index (χ0v) is 27.1. The Morgan fingerprint density at radius 1 is 0.745 bits per heavy atom. The number of amides is 3. The van der Waals surface area contributed by atoms with E-state index in [1.807, 2.05) is 71.6 Å². The molecule has 1 heterocycles. The number of nitrogens with zero attached hydrogens (tertiary/aromatic N) is 2. The molecule has 1 aliphatic heterocycles. The first-order chi connectivity index (χ1) is 22.9. The SMILES string of the molecule is CCOC(=O)CCC(=O)NCCCC[C@H](NC(=O)OCc1ccccc1)C(=O)N1CCN(C(c2ccccc2)c2ccccc2)CC1. The molecule has 0 bridgehead atoms. The zero-order valence-electron chi connectivity index (χ0n) is 27.1. The minimum atomic E-state index is -0.761. The Hall–Kier alpha value is -4.70. The smallest absolute Gasteiger partial charge is 0.408 e. The largest absolute Gasteiger partial charge is 0.466 e. The number of esters is 1. The highest BCUT2D eigenvalue weighted by Crippen LogP contribution is 2.29. The van der Waals surface area contributed by atoms with Crippen LogP contribution in [0.3, 0.4) is 0 Å². The summed E-state index contributed by atoms with van der Waals surface area (Å²) in [6.07, 6.45) is 1.06. The maximum absolute atomic E-state index is 13.8. The molecule has 0 aromatic heterocycles. The van der Waals surface area contributed by atoms with E-state index in [-0.39, 0.29) is 43.9 Å². The molecule has 0 aliphatic carbocycles. The van der Waals surface area contributed by atoms with Crippen LogP contribution in [0.4, 0.5) is 4.79 Å². The van der Waals surface area contributed by atoms with E-state index < -0.39 is 18.1 Å². The maximum atomic E-state index is 13.8. The molecule has 2 N–H and O–H groups in total. The number of benzene rings is 3. The van der Waals surface area contributed by atoms with Crippen LogP contribution in [0.15, 0.2) is 91.0 Å². The van der Waals surface area contributed by atoms with Crippen molar-refractivity contribution in [3.8, 4) is 0 Å². The van der Waals surface area contributed by atoms with Crippen LogP contribution in [-0.4, -0.2) is 79.0 Å². The molecule has 3 amide bonds. The summed E-state index contributed by atoms with van der Waals surface area (Å²) in [6, 6.07) is 29.5. The van der Waals surface area contributed by atoms with Crippen molar-refractivity contribution >= 4 is 23.9 Å². The van der Waals surface area contributed by atoms with Gasteiger partial charge in [0.1, 0.15) is 12.6 Å². The van der Waals surface area contributed by atoms with Gasteiger partial charge in [0.05, 0.1) is 19.1 Å². The normalized spacial score (nSPS) is 13.9. The van der Waals surface area contributed by atoms with Gasteiger partial charge in [0.25, 0.3) is 0 Å². The highest BCUT2D eigenvalue weighted by Gasteiger charge is 2.32. The average molecular weight is 643 g/mol. The third kappa shape index (κ3) is 11.6. The van der Waals surface area contributed by atoms with Crippen LogP contribution in [0.2, 0.25) is 0 Å². The molecule has 0 spiro atoms. The molecular formula is C37H46N4O6. The number of nitrogens with one attached hydrogen (secondary N) is 2. The molecule has 10 nitrogen and oxygen atoms in total. The van der Waals surface area contributed by atoms with Crippen molar-refractivity contribution in [2.24, 2.45) is 0 Å². The van der Waals surface area contributed by atoms with Crippen LogP contribution >= 0.6 is 0 Å². The first-order valence-electron chi connectivity index (χ1n) is 16.5. The molecule has 0 saturated carbocycles. The van der Waals surface area contributed by atoms with Gasteiger partial charge in [-0.25, -0.2) is 4.79 Å². The summed E-state index contributed by atoms with van der Waals surface area (Å²) in [5, 5.41) is 5.62. The fourth-order valence-electron chi connectivity index (χ4n) is 5.71. The molecule has 47 heavy (non-hydrogen) atoms. The fourth-order valence-corrected chi connectivity index (χ4v) is 5.71. The molecule has 3 aromatic carbocycles. The second-order valence-corrected chi connectivity index (χ2v) is 11.5. The van der Waals surface area contributed by atoms with Crippen molar-refractivity contribution in [3.05, 3.63) is 108 Å². The van der Waals surface area contributed by atoms with E-state index in [1.54, 1.807) is 6.92 Å². The summed E-state index contributed by atoms with van der Waals surface area (Å²) >= 11 is 0. The fraction of sp³-hybridized carbons (Fsp3) is 0.405. The van der Waals surface area contributed by atoms with E-state index in [0.29, 0.717) is 52.0 Å². The Morgan fingerprint density at radius 2 is 1.34 bits per heavy atom. The topological polar surface area (TPSA) is 117 Å². The number of hydrogen-bond acceptors (Lipinski definition) is 7.